The van der Waals surface area contributed by atoms with Gasteiger partial charge in [-0.3, -0.25) is 14.2 Å². The van der Waals surface area contributed by atoms with Gasteiger partial charge in [0.1, 0.15) is 11.6 Å². The van der Waals surface area contributed by atoms with E-state index >= 15 is 0 Å². The summed E-state index contributed by atoms with van der Waals surface area (Å²) in [5, 5.41) is 0.497. The van der Waals surface area contributed by atoms with Crippen LogP contribution in [0, 0.1) is 6.92 Å². The molecule has 5 aromatic rings. The summed E-state index contributed by atoms with van der Waals surface area (Å²) < 4.78 is 8.17. The molecule has 1 aromatic heterocycles. The first-order valence-corrected chi connectivity index (χ1v) is 13.9. The Morgan fingerprint density at radius 3 is 2.40 bits per heavy atom. The van der Waals surface area contributed by atoms with E-state index in [1.165, 1.54) is 0 Å². The van der Waals surface area contributed by atoms with Crippen LogP contribution in [0.4, 0.5) is 0 Å². The van der Waals surface area contributed by atoms with Gasteiger partial charge in [-0.1, -0.05) is 64.5 Å². The SMILES string of the molecule is COc1ccc(C)cc1-n1c(C(C)N(CCc2ccccc2)C(=O)c2ccc(Br)cc2)nc2ccccc2c1=O. The number of para-hydroxylation sites is 1. The lowest BCUT2D eigenvalue weighted by Gasteiger charge is -2.31. The Balaban J connectivity index is 1.69. The van der Waals surface area contributed by atoms with Crippen LogP contribution in [0.1, 0.15) is 40.3 Å². The Bertz CT molecular complexity index is 1720. The average Bonchev–Trinajstić information content (AvgIpc) is 2.98. The van der Waals surface area contributed by atoms with E-state index in [4.69, 9.17) is 9.72 Å². The molecule has 0 bridgehead atoms. The number of hydrogen-bond acceptors (Lipinski definition) is 4. The third kappa shape index (κ3) is 5.56. The number of methoxy groups -OCH3 is 1. The van der Waals surface area contributed by atoms with Crippen molar-refractivity contribution in [3.05, 3.63) is 134 Å². The van der Waals surface area contributed by atoms with E-state index in [2.05, 4.69) is 28.1 Å². The van der Waals surface area contributed by atoms with Gasteiger partial charge in [0.15, 0.2) is 0 Å². The van der Waals surface area contributed by atoms with Crippen LogP contribution >= 0.6 is 15.9 Å². The second-order valence-electron chi connectivity index (χ2n) is 9.72. The minimum atomic E-state index is -0.539. The fourth-order valence-corrected chi connectivity index (χ4v) is 5.17. The quantitative estimate of drug-likeness (QED) is 0.195. The number of rotatable bonds is 8. The molecule has 1 amide bonds. The molecule has 0 spiro atoms. The summed E-state index contributed by atoms with van der Waals surface area (Å²) in [6, 6.07) is 29.8. The summed E-state index contributed by atoms with van der Waals surface area (Å²) in [5.74, 6) is 0.875. The largest absolute Gasteiger partial charge is 0.495 e. The van der Waals surface area contributed by atoms with Gasteiger partial charge in [-0.15, -0.1) is 0 Å². The second-order valence-corrected chi connectivity index (χ2v) is 10.6. The molecule has 0 aliphatic heterocycles. The highest BCUT2D eigenvalue weighted by molar-refractivity contribution is 9.10. The summed E-state index contributed by atoms with van der Waals surface area (Å²) in [6.45, 7) is 4.33. The van der Waals surface area contributed by atoms with Crippen molar-refractivity contribution in [2.24, 2.45) is 0 Å². The Morgan fingerprint density at radius 1 is 0.975 bits per heavy atom. The van der Waals surface area contributed by atoms with Crippen molar-refractivity contribution >= 4 is 32.7 Å². The maximum atomic E-state index is 14.1. The summed E-state index contributed by atoms with van der Waals surface area (Å²) >= 11 is 3.46. The molecule has 7 heteroatoms. The number of halogens is 1. The van der Waals surface area contributed by atoms with E-state index in [-0.39, 0.29) is 11.5 Å². The lowest BCUT2D eigenvalue weighted by Crippen LogP contribution is -2.38. The van der Waals surface area contributed by atoms with Gasteiger partial charge in [0.2, 0.25) is 0 Å². The molecular weight excluding hydrogens is 566 g/mol. The van der Waals surface area contributed by atoms with Crippen molar-refractivity contribution < 1.29 is 9.53 Å². The van der Waals surface area contributed by atoms with E-state index in [1.54, 1.807) is 34.8 Å². The average molecular weight is 597 g/mol. The summed E-state index contributed by atoms with van der Waals surface area (Å²) in [4.78, 5) is 34.9. The van der Waals surface area contributed by atoms with Crippen LogP contribution in [-0.2, 0) is 6.42 Å². The predicted molar refractivity (Wildman–Crippen MR) is 162 cm³/mol. The first-order valence-electron chi connectivity index (χ1n) is 13.1. The minimum Gasteiger partial charge on any atom is -0.495 e. The van der Waals surface area contributed by atoms with Gasteiger partial charge < -0.3 is 9.64 Å². The van der Waals surface area contributed by atoms with E-state index < -0.39 is 6.04 Å². The van der Waals surface area contributed by atoms with Gasteiger partial charge >= 0.3 is 0 Å². The highest BCUT2D eigenvalue weighted by atomic mass is 79.9. The fourth-order valence-electron chi connectivity index (χ4n) is 4.90. The molecular formula is C33H30BrN3O3. The predicted octanol–water partition coefficient (Wildman–Crippen LogP) is 6.91. The van der Waals surface area contributed by atoms with Crippen molar-refractivity contribution in [1.29, 1.82) is 0 Å². The van der Waals surface area contributed by atoms with Crippen LogP contribution in [-0.4, -0.2) is 34.0 Å². The molecule has 1 atom stereocenters. The normalized spacial score (nSPS) is 11.8. The van der Waals surface area contributed by atoms with Gasteiger partial charge in [0.05, 0.1) is 29.7 Å². The molecule has 0 radical (unpaired) electrons. The van der Waals surface area contributed by atoms with Crippen LogP contribution < -0.4 is 10.3 Å². The number of nitrogens with zero attached hydrogens (tertiary/aromatic N) is 3. The smallest absolute Gasteiger partial charge is 0.266 e. The topological polar surface area (TPSA) is 64.4 Å². The molecule has 0 aliphatic carbocycles. The van der Waals surface area contributed by atoms with Crippen molar-refractivity contribution in [3.8, 4) is 11.4 Å². The Labute approximate surface area is 242 Å². The van der Waals surface area contributed by atoms with E-state index in [9.17, 15) is 9.59 Å². The number of aryl methyl sites for hydroxylation is 1. The third-order valence-electron chi connectivity index (χ3n) is 7.05. The molecule has 0 aliphatic rings. The summed E-state index contributed by atoms with van der Waals surface area (Å²) in [5.41, 5.74) is 3.61. The summed E-state index contributed by atoms with van der Waals surface area (Å²) in [6.07, 6.45) is 0.652. The fraction of sp³-hybridized carbons (Fsp3) is 0.182. The number of ether oxygens (including phenoxy) is 1. The third-order valence-corrected chi connectivity index (χ3v) is 7.58. The number of aromatic nitrogens is 2. The number of amides is 1. The lowest BCUT2D eigenvalue weighted by atomic mass is 10.1. The Morgan fingerprint density at radius 2 is 1.68 bits per heavy atom. The molecule has 0 fully saturated rings. The van der Waals surface area contributed by atoms with Crippen molar-refractivity contribution in [2.45, 2.75) is 26.3 Å². The molecule has 1 heterocycles. The molecule has 0 saturated heterocycles. The number of carbonyl (C=O) groups is 1. The maximum Gasteiger partial charge on any atom is 0.266 e. The second kappa shape index (κ2) is 11.9. The van der Waals surface area contributed by atoms with Gasteiger partial charge in [0, 0.05) is 16.6 Å². The number of hydrogen-bond donors (Lipinski definition) is 0. The first kappa shape index (κ1) is 27.3. The maximum absolute atomic E-state index is 14.1. The molecule has 0 saturated carbocycles. The molecule has 202 valence electrons. The standard InChI is InChI=1S/C33H30BrN3O3/c1-22-13-18-30(40-3)29(21-22)37-31(35-28-12-8-7-11-27(28)33(37)39)23(2)36(20-19-24-9-5-4-6-10-24)32(38)25-14-16-26(34)17-15-25/h4-18,21,23H,19-20H2,1-3H3. The lowest BCUT2D eigenvalue weighted by molar-refractivity contribution is 0.0683. The zero-order valence-corrected chi connectivity index (χ0v) is 24.3. The number of carbonyl (C=O) groups excluding carboxylic acids is 1. The van der Waals surface area contributed by atoms with Crippen LogP contribution in [0.15, 0.2) is 106 Å². The Hall–Kier alpha value is -4.23. The van der Waals surface area contributed by atoms with E-state index in [1.807, 2.05) is 80.6 Å². The highest BCUT2D eigenvalue weighted by Gasteiger charge is 2.28. The van der Waals surface area contributed by atoms with Gasteiger partial charge in [0.25, 0.3) is 11.5 Å². The van der Waals surface area contributed by atoms with Crippen molar-refractivity contribution in [2.75, 3.05) is 13.7 Å². The molecule has 1 unspecified atom stereocenters. The van der Waals surface area contributed by atoms with Crippen LogP contribution in [0.2, 0.25) is 0 Å². The van der Waals surface area contributed by atoms with Crippen molar-refractivity contribution in [1.82, 2.24) is 14.5 Å². The van der Waals surface area contributed by atoms with E-state index in [0.29, 0.717) is 46.7 Å². The Kier molecular flexibility index (Phi) is 8.12. The molecule has 5 rings (SSSR count). The summed E-state index contributed by atoms with van der Waals surface area (Å²) in [7, 11) is 1.58. The van der Waals surface area contributed by atoms with Crippen LogP contribution in [0.5, 0.6) is 5.75 Å². The van der Waals surface area contributed by atoms with Crippen molar-refractivity contribution in [3.63, 3.8) is 0 Å². The van der Waals surface area contributed by atoms with Gasteiger partial charge in [-0.2, -0.15) is 0 Å². The monoisotopic (exact) mass is 595 g/mol. The van der Waals surface area contributed by atoms with Crippen LogP contribution in [0.25, 0.3) is 16.6 Å². The molecule has 4 aromatic carbocycles. The van der Waals surface area contributed by atoms with E-state index in [0.717, 1.165) is 15.6 Å². The number of benzene rings is 4. The molecule has 6 nitrogen and oxygen atoms in total. The van der Waals surface area contributed by atoms with Crippen LogP contribution in [0.3, 0.4) is 0 Å². The zero-order chi connectivity index (χ0) is 28.2. The number of fused-ring (bicyclic) bond motifs is 1. The molecule has 40 heavy (non-hydrogen) atoms. The highest BCUT2D eigenvalue weighted by Crippen LogP contribution is 2.29. The minimum absolute atomic E-state index is 0.138. The first-order chi connectivity index (χ1) is 19.4. The van der Waals surface area contributed by atoms with Gasteiger partial charge in [-0.25, -0.2) is 4.98 Å². The molecule has 0 N–H and O–H groups in total. The zero-order valence-electron chi connectivity index (χ0n) is 22.7. The van der Waals surface area contributed by atoms with Gasteiger partial charge in [-0.05, 0) is 79.9 Å².